The summed E-state index contributed by atoms with van der Waals surface area (Å²) in [5, 5.41) is 12.2. The monoisotopic (exact) mass is 400 g/mol. The van der Waals surface area contributed by atoms with Gasteiger partial charge >= 0.3 is 0 Å². The maximum atomic E-state index is 9.93. The van der Waals surface area contributed by atoms with E-state index >= 15 is 0 Å². The maximum Gasteiger partial charge on any atom is 0.119 e. The van der Waals surface area contributed by atoms with Crippen LogP contribution in [0.5, 0.6) is 11.5 Å². The van der Waals surface area contributed by atoms with Gasteiger partial charge in [0.05, 0.1) is 7.11 Å². The van der Waals surface area contributed by atoms with Crippen molar-refractivity contribution in [1.82, 2.24) is 4.90 Å². The molecular formula is C26H28N2O2. The number of allylic oxidation sites excluding steroid dienone is 1. The molecule has 0 saturated carbocycles. The van der Waals surface area contributed by atoms with Crippen LogP contribution in [-0.4, -0.2) is 49.8 Å². The molecule has 0 amide bonds. The molecule has 1 fully saturated rings. The number of anilines is 1. The van der Waals surface area contributed by atoms with Gasteiger partial charge < -0.3 is 14.7 Å². The van der Waals surface area contributed by atoms with E-state index in [1.807, 2.05) is 12.1 Å². The van der Waals surface area contributed by atoms with Crippen molar-refractivity contribution in [2.75, 3.05) is 44.7 Å². The predicted molar refractivity (Wildman–Crippen MR) is 124 cm³/mol. The smallest absolute Gasteiger partial charge is 0.119 e. The molecule has 4 nitrogen and oxygen atoms in total. The molecule has 0 atom stereocenters. The quantitative estimate of drug-likeness (QED) is 0.673. The first kappa shape index (κ1) is 19.0. The van der Waals surface area contributed by atoms with Crippen LogP contribution in [0.1, 0.15) is 17.5 Å². The molecule has 3 aromatic rings. The number of piperazine rings is 1. The number of phenols is 1. The minimum atomic E-state index is 0.329. The van der Waals surface area contributed by atoms with Crippen molar-refractivity contribution in [3.63, 3.8) is 0 Å². The van der Waals surface area contributed by atoms with Crippen LogP contribution < -0.4 is 9.64 Å². The zero-order valence-corrected chi connectivity index (χ0v) is 17.5. The highest BCUT2D eigenvalue weighted by Gasteiger charge is 2.20. The van der Waals surface area contributed by atoms with E-state index in [2.05, 4.69) is 52.3 Å². The van der Waals surface area contributed by atoms with Gasteiger partial charge in [0.2, 0.25) is 0 Å². The summed E-state index contributed by atoms with van der Waals surface area (Å²) >= 11 is 0. The molecule has 0 radical (unpaired) electrons. The molecule has 0 bridgehead atoms. The minimum absolute atomic E-state index is 0.329. The van der Waals surface area contributed by atoms with E-state index in [0.717, 1.165) is 56.7 Å². The third-order valence-electron chi connectivity index (χ3n) is 6.48. The van der Waals surface area contributed by atoms with Gasteiger partial charge in [0.1, 0.15) is 11.5 Å². The molecule has 1 aliphatic carbocycles. The van der Waals surface area contributed by atoms with Crippen molar-refractivity contribution in [2.24, 2.45) is 0 Å². The molecule has 0 unspecified atom stereocenters. The molecule has 1 saturated heterocycles. The number of ether oxygens (including phenoxy) is 1. The topological polar surface area (TPSA) is 35.9 Å². The number of methoxy groups -OCH3 is 1. The molecule has 1 aliphatic heterocycles. The Morgan fingerprint density at radius 3 is 2.67 bits per heavy atom. The van der Waals surface area contributed by atoms with Crippen LogP contribution in [0, 0.1) is 0 Å². The van der Waals surface area contributed by atoms with E-state index in [-0.39, 0.29) is 0 Å². The Bertz CT molecular complexity index is 1100. The van der Waals surface area contributed by atoms with Crippen LogP contribution in [0.4, 0.5) is 5.69 Å². The molecular weight excluding hydrogens is 372 g/mol. The van der Waals surface area contributed by atoms with Gasteiger partial charge in [-0.15, -0.1) is 0 Å². The fourth-order valence-electron chi connectivity index (χ4n) is 4.75. The summed E-state index contributed by atoms with van der Waals surface area (Å²) in [6.45, 7) is 5.24. The Balaban J connectivity index is 1.22. The molecule has 154 valence electrons. The maximum absolute atomic E-state index is 9.93. The average Bonchev–Trinajstić information content (AvgIpc) is 3.19. The standard InChI is InChI=1S/C26H28N2O2/c1-30-23-10-8-20-5-6-21(24(20)18-23)11-12-27-13-15-28(16-14-27)26-4-2-3-19-7-9-22(29)17-25(19)26/h2-4,6-10,17-18,29H,5,11-16H2,1H3. The van der Waals surface area contributed by atoms with Gasteiger partial charge in [-0.25, -0.2) is 0 Å². The molecule has 1 heterocycles. The SMILES string of the molecule is COc1ccc2c(c1)C(CCN1CCN(c3cccc4ccc(O)cc34)CC1)=CC2. The van der Waals surface area contributed by atoms with Crippen molar-refractivity contribution in [1.29, 1.82) is 0 Å². The summed E-state index contributed by atoms with van der Waals surface area (Å²) in [4.78, 5) is 5.02. The highest BCUT2D eigenvalue weighted by Crippen LogP contribution is 2.33. The summed E-state index contributed by atoms with van der Waals surface area (Å²) in [7, 11) is 1.73. The number of aromatic hydroxyl groups is 1. The van der Waals surface area contributed by atoms with Crippen LogP contribution in [0.3, 0.4) is 0 Å². The van der Waals surface area contributed by atoms with Crippen LogP contribution in [0.15, 0.2) is 60.7 Å². The summed E-state index contributed by atoms with van der Waals surface area (Å²) in [5.41, 5.74) is 5.46. The lowest BCUT2D eigenvalue weighted by Gasteiger charge is -2.36. The van der Waals surface area contributed by atoms with Crippen LogP contribution in [-0.2, 0) is 6.42 Å². The zero-order chi connectivity index (χ0) is 20.5. The van der Waals surface area contributed by atoms with E-state index in [1.54, 1.807) is 13.2 Å². The first-order chi connectivity index (χ1) is 14.7. The Morgan fingerprint density at radius 1 is 0.967 bits per heavy atom. The molecule has 3 aromatic carbocycles. The molecule has 1 N–H and O–H groups in total. The zero-order valence-electron chi connectivity index (χ0n) is 17.5. The van der Waals surface area contributed by atoms with Crippen molar-refractivity contribution >= 4 is 22.0 Å². The van der Waals surface area contributed by atoms with E-state index in [9.17, 15) is 5.11 Å². The molecule has 5 rings (SSSR count). The van der Waals surface area contributed by atoms with E-state index in [1.165, 1.54) is 27.8 Å². The highest BCUT2D eigenvalue weighted by molar-refractivity contribution is 5.95. The van der Waals surface area contributed by atoms with E-state index in [0.29, 0.717) is 5.75 Å². The first-order valence-corrected chi connectivity index (χ1v) is 10.8. The molecule has 4 heteroatoms. The van der Waals surface area contributed by atoms with Gasteiger partial charge in [-0.3, -0.25) is 4.90 Å². The van der Waals surface area contributed by atoms with Gasteiger partial charge in [-0.2, -0.15) is 0 Å². The summed E-state index contributed by atoms with van der Waals surface area (Å²) in [5.74, 6) is 1.27. The number of rotatable bonds is 5. The van der Waals surface area contributed by atoms with Crippen molar-refractivity contribution in [3.05, 3.63) is 71.8 Å². The fourth-order valence-corrected chi connectivity index (χ4v) is 4.75. The van der Waals surface area contributed by atoms with Crippen LogP contribution in [0.2, 0.25) is 0 Å². The summed E-state index contributed by atoms with van der Waals surface area (Å²) in [6.07, 6.45) is 4.50. The Morgan fingerprint density at radius 2 is 1.83 bits per heavy atom. The third-order valence-corrected chi connectivity index (χ3v) is 6.48. The second-order valence-corrected chi connectivity index (χ2v) is 8.22. The Hall–Kier alpha value is -2.98. The van der Waals surface area contributed by atoms with Gasteiger partial charge in [0, 0.05) is 43.8 Å². The number of phenolic OH excluding ortho intramolecular Hbond substituents is 1. The Kier molecular flexibility index (Phi) is 5.09. The fraction of sp³-hybridized carbons (Fsp3) is 0.308. The molecule has 0 aromatic heterocycles. The normalized spacial score (nSPS) is 16.6. The third kappa shape index (κ3) is 3.63. The second kappa shape index (κ2) is 8.04. The van der Waals surface area contributed by atoms with E-state index in [4.69, 9.17) is 4.74 Å². The van der Waals surface area contributed by atoms with Gasteiger partial charge in [0.15, 0.2) is 0 Å². The molecule has 2 aliphatic rings. The van der Waals surface area contributed by atoms with Gasteiger partial charge in [0.25, 0.3) is 0 Å². The largest absolute Gasteiger partial charge is 0.508 e. The lowest BCUT2D eigenvalue weighted by atomic mass is 10.0. The van der Waals surface area contributed by atoms with Crippen molar-refractivity contribution in [3.8, 4) is 11.5 Å². The van der Waals surface area contributed by atoms with Crippen LogP contribution in [0.25, 0.3) is 16.3 Å². The Labute approximate surface area is 178 Å². The summed E-state index contributed by atoms with van der Waals surface area (Å²) in [6, 6.07) is 18.5. The molecule has 30 heavy (non-hydrogen) atoms. The second-order valence-electron chi connectivity index (χ2n) is 8.22. The number of hydrogen-bond acceptors (Lipinski definition) is 4. The lowest BCUT2D eigenvalue weighted by Crippen LogP contribution is -2.46. The number of benzene rings is 3. The lowest BCUT2D eigenvalue weighted by molar-refractivity contribution is 0.264. The van der Waals surface area contributed by atoms with Gasteiger partial charge in [-0.1, -0.05) is 30.3 Å². The van der Waals surface area contributed by atoms with Crippen LogP contribution >= 0.6 is 0 Å². The van der Waals surface area contributed by atoms with Crippen molar-refractivity contribution in [2.45, 2.75) is 12.8 Å². The summed E-state index contributed by atoms with van der Waals surface area (Å²) < 4.78 is 5.42. The minimum Gasteiger partial charge on any atom is -0.508 e. The predicted octanol–water partition coefficient (Wildman–Crippen LogP) is 4.71. The molecule has 0 spiro atoms. The number of fused-ring (bicyclic) bond motifs is 2. The van der Waals surface area contributed by atoms with Crippen molar-refractivity contribution < 1.29 is 9.84 Å². The average molecular weight is 401 g/mol. The number of hydrogen-bond donors (Lipinski definition) is 1. The first-order valence-electron chi connectivity index (χ1n) is 10.8. The van der Waals surface area contributed by atoms with E-state index < -0.39 is 0 Å². The van der Waals surface area contributed by atoms with Gasteiger partial charge in [-0.05, 0) is 65.3 Å². The highest BCUT2D eigenvalue weighted by atomic mass is 16.5. The number of nitrogens with zero attached hydrogens (tertiary/aromatic N) is 2.